The summed E-state index contributed by atoms with van der Waals surface area (Å²) in [5.74, 6) is 2.22. The van der Waals surface area contributed by atoms with Crippen LogP contribution in [0, 0.1) is 6.92 Å². The van der Waals surface area contributed by atoms with Crippen molar-refractivity contribution in [2.75, 3.05) is 18.9 Å². The maximum absolute atomic E-state index is 11.8. The zero-order valence-electron chi connectivity index (χ0n) is 14.4. The number of hydrogen-bond acceptors (Lipinski definition) is 3. The molecule has 1 amide bonds. The van der Waals surface area contributed by atoms with Crippen molar-refractivity contribution in [3.05, 3.63) is 65.2 Å². The fourth-order valence-electron chi connectivity index (χ4n) is 2.18. The predicted molar refractivity (Wildman–Crippen MR) is 102 cm³/mol. The van der Waals surface area contributed by atoms with Gasteiger partial charge in [-0.15, -0.1) is 11.8 Å². The third-order valence-corrected chi connectivity index (χ3v) is 4.65. The van der Waals surface area contributed by atoms with Gasteiger partial charge in [0.15, 0.2) is 0 Å². The molecule has 0 heterocycles. The highest BCUT2D eigenvalue weighted by Gasteiger charge is 2.02. The van der Waals surface area contributed by atoms with Crippen molar-refractivity contribution in [1.82, 2.24) is 5.32 Å². The van der Waals surface area contributed by atoms with Gasteiger partial charge in [0.1, 0.15) is 12.4 Å². The molecule has 0 aromatic heterocycles. The third kappa shape index (κ3) is 6.67. The number of amides is 1. The van der Waals surface area contributed by atoms with Crippen LogP contribution in [0.25, 0.3) is 0 Å². The lowest BCUT2D eigenvalue weighted by molar-refractivity contribution is -0.118. The fraction of sp³-hybridized carbons (Fsp3) is 0.350. The minimum Gasteiger partial charge on any atom is -0.492 e. The molecular formula is C20H25NO2S. The van der Waals surface area contributed by atoms with E-state index in [1.54, 1.807) is 11.8 Å². The molecule has 2 aromatic carbocycles. The minimum atomic E-state index is 0.0528. The van der Waals surface area contributed by atoms with Gasteiger partial charge in [0.05, 0.1) is 12.3 Å². The lowest BCUT2D eigenvalue weighted by Crippen LogP contribution is -2.29. The molecule has 0 saturated carbocycles. The van der Waals surface area contributed by atoms with Gasteiger partial charge >= 0.3 is 0 Å². The van der Waals surface area contributed by atoms with Gasteiger partial charge in [0.25, 0.3) is 0 Å². The highest BCUT2D eigenvalue weighted by molar-refractivity contribution is 7.99. The Labute approximate surface area is 148 Å². The Bertz CT molecular complexity index is 623. The van der Waals surface area contributed by atoms with Gasteiger partial charge in [0.2, 0.25) is 5.91 Å². The minimum absolute atomic E-state index is 0.0528. The lowest BCUT2D eigenvalue weighted by atomic mass is 10.2. The molecule has 0 bridgehead atoms. The first-order chi connectivity index (χ1) is 11.7. The van der Waals surface area contributed by atoms with Gasteiger partial charge in [-0.3, -0.25) is 4.79 Å². The summed E-state index contributed by atoms with van der Waals surface area (Å²) in [5.41, 5.74) is 3.80. The number of aryl methyl sites for hydroxylation is 2. The Hall–Kier alpha value is -1.94. The van der Waals surface area contributed by atoms with Crippen molar-refractivity contribution in [3.8, 4) is 5.75 Å². The first kappa shape index (κ1) is 18.4. The van der Waals surface area contributed by atoms with E-state index in [2.05, 4.69) is 55.6 Å². The summed E-state index contributed by atoms with van der Waals surface area (Å²) in [5, 5.41) is 2.89. The van der Waals surface area contributed by atoms with E-state index in [-0.39, 0.29) is 5.91 Å². The van der Waals surface area contributed by atoms with Crippen molar-refractivity contribution < 1.29 is 9.53 Å². The van der Waals surface area contributed by atoms with Gasteiger partial charge in [-0.1, -0.05) is 48.9 Å². The van der Waals surface area contributed by atoms with Crippen LogP contribution in [-0.4, -0.2) is 24.8 Å². The number of benzene rings is 2. The molecule has 128 valence electrons. The van der Waals surface area contributed by atoms with Crippen molar-refractivity contribution in [2.45, 2.75) is 26.0 Å². The maximum Gasteiger partial charge on any atom is 0.230 e. The molecule has 0 aliphatic heterocycles. The molecular weight excluding hydrogens is 318 g/mol. The Kier molecular flexibility index (Phi) is 7.69. The zero-order chi connectivity index (χ0) is 17.2. The standard InChI is InChI=1S/C20H25NO2S/c1-3-17-8-10-19(11-9-17)23-13-12-21-20(22)15-24-14-18-6-4-16(2)5-7-18/h4-11H,3,12-15H2,1-2H3,(H,21,22). The predicted octanol–water partition coefficient (Wildman–Crippen LogP) is 3.99. The molecule has 0 spiro atoms. The second-order valence-corrected chi connectivity index (χ2v) is 6.66. The van der Waals surface area contributed by atoms with Crippen LogP contribution < -0.4 is 10.1 Å². The smallest absolute Gasteiger partial charge is 0.230 e. The largest absolute Gasteiger partial charge is 0.492 e. The van der Waals surface area contributed by atoms with Crippen LogP contribution in [0.3, 0.4) is 0 Å². The second kappa shape index (κ2) is 10.0. The molecule has 0 aliphatic carbocycles. The average molecular weight is 343 g/mol. The second-order valence-electron chi connectivity index (χ2n) is 5.67. The van der Waals surface area contributed by atoms with Gasteiger partial charge in [-0.25, -0.2) is 0 Å². The molecule has 2 rings (SSSR count). The molecule has 0 saturated heterocycles. The molecule has 1 N–H and O–H groups in total. The molecule has 2 aromatic rings. The van der Waals surface area contributed by atoms with E-state index in [4.69, 9.17) is 4.74 Å². The summed E-state index contributed by atoms with van der Waals surface area (Å²) in [6.45, 7) is 5.21. The number of rotatable bonds is 9. The fourth-order valence-corrected chi connectivity index (χ4v) is 3.00. The van der Waals surface area contributed by atoms with Gasteiger partial charge in [0, 0.05) is 5.75 Å². The highest BCUT2D eigenvalue weighted by Crippen LogP contribution is 2.13. The van der Waals surface area contributed by atoms with E-state index >= 15 is 0 Å². The van der Waals surface area contributed by atoms with E-state index in [9.17, 15) is 4.79 Å². The summed E-state index contributed by atoms with van der Waals surface area (Å²) in [6, 6.07) is 16.5. The van der Waals surface area contributed by atoms with Crippen molar-refractivity contribution in [3.63, 3.8) is 0 Å². The van der Waals surface area contributed by atoms with Crippen LogP contribution in [0.15, 0.2) is 48.5 Å². The molecule has 0 atom stereocenters. The van der Waals surface area contributed by atoms with Crippen LogP contribution in [0.4, 0.5) is 0 Å². The summed E-state index contributed by atoms with van der Waals surface area (Å²) in [4.78, 5) is 11.8. The number of hydrogen-bond donors (Lipinski definition) is 1. The molecule has 4 heteroatoms. The summed E-state index contributed by atoms with van der Waals surface area (Å²) in [6.07, 6.45) is 1.02. The number of thioether (sulfide) groups is 1. The van der Waals surface area contributed by atoms with E-state index in [0.717, 1.165) is 17.9 Å². The van der Waals surface area contributed by atoms with Crippen molar-refractivity contribution >= 4 is 17.7 Å². The topological polar surface area (TPSA) is 38.3 Å². The highest BCUT2D eigenvalue weighted by atomic mass is 32.2. The monoisotopic (exact) mass is 343 g/mol. The Morgan fingerprint density at radius 1 is 1.04 bits per heavy atom. The number of carbonyl (C=O) groups excluding carboxylic acids is 1. The van der Waals surface area contributed by atoms with E-state index in [1.807, 2.05) is 12.1 Å². The summed E-state index contributed by atoms with van der Waals surface area (Å²) in [7, 11) is 0. The van der Waals surface area contributed by atoms with Crippen LogP contribution in [0.1, 0.15) is 23.6 Å². The number of carbonyl (C=O) groups is 1. The van der Waals surface area contributed by atoms with Crippen LogP contribution in [0.2, 0.25) is 0 Å². The Morgan fingerprint density at radius 2 is 1.71 bits per heavy atom. The van der Waals surface area contributed by atoms with Crippen molar-refractivity contribution in [2.24, 2.45) is 0 Å². The van der Waals surface area contributed by atoms with Crippen LogP contribution >= 0.6 is 11.8 Å². The normalized spacial score (nSPS) is 10.4. The van der Waals surface area contributed by atoms with Crippen molar-refractivity contribution in [1.29, 1.82) is 0 Å². The molecule has 24 heavy (non-hydrogen) atoms. The Morgan fingerprint density at radius 3 is 2.38 bits per heavy atom. The van der Waals surface area contributed by atoms with Crippen LogP contribution in [-0.2, 0) is 17.0 Å². The number of nitrogens with one attached hydrogen (secondary N) is 1. The van der Waals surface area contributed by atoms with Gasteiger partial charge in [-0.05, 0) is 36.6 Å². The zero-order valence-corrected chi connectivity index (χ0v) is 15.2. The molecule has 0 radical (unpaired) electrons. The van der Waals surface area contributed by atoms with E-state index < -0.39 is 0 Å². The summed E-state index contributed by atoms with van der Waals surface area (Å²) < 4.78 is 5.62. The van der Waals surface area contributed by atoms with E-state index in [0.29, 0.717) is 18.9 Å². The Balaban J connectivity index is 1.56. The van der Waals surface area contributed by atoms with E-state index in [1.165, 1.54) is 16.7 Å². The van der Waals surface area contributed by atoms with Gasteiger partial charge in [-0.2, -0.15) is 0 Å². The first-order valence-electron chi connectivity index (χ1n) is 8.29. The quantitative estimate of drug-likeness (QED) is 0.700. The molecule has 0 aliphatic rings. The third-order valence-electron chi connectivity index (χ3n) is 3.65. The molecule has 0 unspecified atom stereocenters. The lowest BCUT2D eigenvalue weighted by Gasteiger charge is -2.08. The van der Waals surface area contributed by atoms with Crippen LogP contribution in [0.5, 0.6) is 5.75 Å². The summed E-state index contributed by atoms with van der Waals surface area (Å²) >= 11 is 1.63. The maximum atomic E-state index is 11.8. The number of ether oxygens (including phenoxy) is 1. The molecule has 0 fully saturated rings. The average Bonchev–Trinajstić information content (AvgIpc) is 2.61. The SMILES string of the molecule is CCc1ccc(OCCNC(=O)CSCc2ccc(C)cc2)cc1. The van der Waals surface area contributed by atoms with Gasteiger partial charge < -0.3 is 10.1 Å². The first-order valence-corrected chi connectivity index (χ1v) is 9.44. The molecule has 3 nitrogen and oxygen atoms in total.